The van der Waals surface area contributed by atoms with Crippen molar-refractivity contribution in [3.05, 3.63) is 71.8 Å². The van der Waals surface area contributed by atoms with E-state index in [9.17, 15) is 0 Å². The van der Waals surface area contributed by atoms with Crippen molar-refractivity contribution in [3.8, 4) is 0 Å². The molecule has 2 rings (SSSR count). The summed E-state index contributed by atoms with van der Waals surface area (Å²) in [6, 6.07) is 20.9. The van der Waals surface area contributed by atoms with Gasteiger partial charge < -0.3 is 5.11 Å². The van der Waals surface area contributed by atoms with Gasteiger partial charge in [-0.3, -0.25) is 4.79 Å². The molecule has 0 aliphatic rings. The van der Waals surface area contributed by atoms with Crippen LogP contribution in [0.5, 0.6) is 0 Å². The maximum absolute atomic E-state index is 9.00. The van der Waals surface area contributed by atoms with Crippen LogP contribution < -0.4 is 0 Å². The summed E-state index contributed by atoms with van der Waals surface area (Å²) < 4.78 is 0. The molecule has 0 saturated carbocycles. The molecule has 0 saturated heterocycles. The number of aryl methyl sites for hydroxylation is 2. The zero-order valence-electron chi connectivity index (χ0n) is 14.5. The number of carbonyl (C=O) groups is 1. The predicted molar refractivity (Wildman–Crippen MR) is 103 cm³/mol. The van der Waals surface area contributed by atoms with Crippen molar-refractivity contribution in [3.63, 3.8) is 0 Å². The van der Waals surface area contributed by atoms with Gasteiger partial charge in [0, 0.05) is 6.92 Å². The van der Waals surface area contributed by atoms with E-state index in [1.54, 1.807) is 0 Å². The highest BCUT2D eigenvalue weighted by atomic mass is 16.4. The molecule has 0 aromatic heterocycles. The van der Waals surface area contributed by atoms with E-state index in [0.29, 0.717) is 0 Å². The average molecular weight is 319 g/mol. The first-order valence-corrected chi connectivity index (χ1v) is 7.87. The Hall–Kier alpha value is -2.09. The topological polar surface area (TPSA) is 37.3 Å². The fourth-order valence-electron chi connectivity index (χ4n) is 1.43. The first-order chi connectivity index (χ1) is 10.6. The Morgan fingerprint density at radius 2 is 1.00 bits per heavy atom. The number of aliphatic carboxylic acids is 1. The van der Waals surface area contributed by atoms with Gasteiger partial charge >= 0.3 is 0 Å². The van der Waals surface area contributed by atoms with Gasteiger partial charge in [0.2, 0.25) is 0 Å². The van der Waals surface area contributed by atoms with Crippen molar-refractivity contribution >= 4 is 5.97 Å². The van der Waals surface area contributed by atoms with Gasteiger partial charge in [0.05, 0.1) is 0 Å². The molecule has 130 valence electrons. The van der Waals surface area contributed by atoms with E-state index >= 15 is 0 Å². The summed E-state index contributed by atoms with van der Waals surface area (Å²) in [5, 5.41) is 7.42. The largest absolute Gasteiger partial charge is 0.481 e. The van der Waals surface area contributed by atoms with Crippen LogP contribution in [0.25, 0.3) is 0 Å². The van der Waals surface area contributed by atoms with Crippen molar-refractivity contribution in [2.75, 3.05) is 0 Å². The summed E-state index contributed by atoms with van der Waals surface area (Å²) in [4.78, 5) is 9.00. The quantitative estimate of drug-likeness (QED) is 0.710. The van der Waals surface area contributed by atoms with Gasteiger partial charge in [-0.2, -0.15) is 0 Å². The lowest BCUT2D eigenvalue weighted by Crippen LogP contribution is -1.78. The molecule has 0 aliphatic carbocycles. The van der Waals surface area contributed by atoms with E-state index in [4.69, 9.17) is 9.90 Å². The lowest BCUT2D eigenvalue weighted by Gasteiger charge is -1.89. The minimum Gasteiger partial charge on any atom is -0.481 e. The summed E-state index contributed by atoms with van der Waals surface area (Å²) in [5.41, 5.74) is 2.82. The Bertz CT molecular complexity index is 406. The normalized spacial score (nSPS) is 7.70. The molecule has 23 heavy (non-hydrogen) atoms. The first-order valence-electron chi connectivity index (χ1n) is 7.87. The lowest BCUT2D eigenvalue weighted by molar-refractivity contribution is -0.134. The Morgan fingerprint density at radius 1 is 0.783 bits per heavy atom. The van der Waals surface area contributed by atoms with E-state index in [0.717, 1.165) is 19.8 Å². The zero-order chi connectivity index (χ0) is 17.2. The van der Waals surface area contributed by atoms with Crippen molar-refractivity contribution < 1.29 is 9.90 Å². The number of hydrogen-bond acceptors (Lipinski definition) is 1. The average Bonchev–Trinajstić information content (AvgIpc) is 2.58. The molecule has 0 atom stereocenters. The van der Waals surface area contributed by atoms with Crippen molar-refractivity contribution in [2.24, 2.45) is 0 Å². The van der Waals surface area contributed by atoms with E-state index in [2.05, 4.69) is 62.4 Å². The lowest BCUT2D eigenvalue weighted by atomic mass is 10.2. The van der Waals surface area contributed by atoms with Crippen molar-refractivity contribution in [1.82, 2.24) is 0 Å². The Morgan fingerprint density at radius 3 is 1.13 bits per heavy atom. The molecule has 2 heteroatoms. The zero-order valence-corrected chi connectivity index (χ0v) is 14.5. The predicted octanol–water partition coefficient (Wildman–Crippen LogP) is 6.25. The summed E-state index contributed by atoms with van der Waals surface area (Å²) in [7, 11) is 0. The molecular formula is C21H34O2. The maximum atomic E-state index is 9.00. The highest BCUT2D eigenvalue weighted by molar-refractivity contribution is 5.62. The number of carboxylic acids is 1. The third-order valence-corrected chi connectivity index (χ3v) is 2.50. The second-order valence-electron chi connectivity index (χ2n) is 4.20. The smallest absolute Gasteiger partial charge is 0.300 e. The van der Waals surface area contributed by atoms with E-state index in [1.165, 1.54) is 11.1 Å². The molecule has 2 nitrogen and oxygen atoms in total. The third-order valence-electron chi connectivity index (χ3n) is 2.50. The Kier molecular flexibility index (Phi) is 22.4. The SMILES string of the molecule is C.CC.CC(=O)O.CCc1ccccc1.CCc1ccccc1. The Labute approximate surface area is 143 Å². The molecule has 0 aliphatic heterocycles. The van der Waals surface area contributed by atoms with Crippen LogP contribution in [-0.4, -0.2) is 11.1 Å². The number of benzene rings is 2. The minimum absolute atomic E-state index is 0. The fraction of sp³-hybridized carbons (Fsp3) is 0.381. The van der Waals surface area contributed by atoms with Gasteiger partial charge in [-0.15, -0.1) is 0 Å². The molecule has 2 aromatic rings. The molecule has 0 bridgehead atoms. The van der Waals surface area contributed by atoms with Crippen molar-refractivity contribution in [1.29, 1.82) is 0 Å². The van der Waals surface area contributed by atoms with Gasteiger partial charge in [0.1, 0.15) is 0 Å². The van der Waals surface area contributed by atoms with Gasteiger partial charge in [0.15, 0.2) is 0 Å². The van der Waals surface area contributed by atoms with Crippen LogP contribution in [0.2, 0.25) is 0 Å². The van der Waals surface area contributed by atoms with Crippen LogP contribution in [0, 0.1) is 0 Å². The molecule has 2 aromatic carbocycles. The van der Waals surface area contributed by atoms with Gasteiger partial charge in [-0.1, -0.05) is 95.8 Å². The third kappa shape index (κ3) is 19.9. The molecule has 0 radical (unpaired) electrons. The number of rotatable bonds is 2. The van der Waals surface area contributed by atoms with Gasteiger partial charge in [0.25, 0.3) is 5.97 Å². The second kappa shape index (κ2) is 19.9. The Balaban J connectivity index is -0.000000254. The van der Waals surface area contributed by atoms with Crippen molar-refractivity contribution in [2.45, 2.75) is 54.9 Å². The van der Waals surface area contributed by atoms with E-state index < -0.39 is 5.97 Å². The van der Waals surface area contributed by atoms with Crippen LogP contribution in [0.15, 0.2) is 60.7 Å². The fourth-order valence-corrected chi connectivity index (χ4v) is 1.43. The molecule has 1 N–H and O–H groups in total. The van der Waals surface area contributed by atoms with Gasteiger partial charge in [-0.25, -0.2) is 0 Å². The second-order valence-corrected chi connectivity index (χ2v) is 4.20. The number of carboxylic acid groups (broad SMARTS) is 1. The summed E-state index contributed by atoms with van der Waals surface area (Å²) in [6.07, 6.45) is 2.28. The van der Waals surface area contributed by atoms with Crippen LogP contribution in [0.4, 0.5) is 0 Å². The van der Waals surface area contributed by atoms with Crippen LogP contribution in [-0.2, 0) is 17.6 Å². The van der Waals surface area contributed by atoms with Gasteiger partial charge in [-0.05, 0) is 24.0 Å². The summed E-state index contributed by atoms with van der Waals surface area (Å²) in [5.74, 6) is -0.833. The minimum atomic E-state index is -0.833. The number of hydrogen-bond donors (Lipinski definition) is 1. The monoisotopic (exact) mass is 318 g/mol. The summed E-state index contributed by atoms with van der Waals surface area (Å²) in [6.45, 7) is 9.41. The first kappa shape index (κ1) is 25.8. The molecule has 0 amide bonds. The standard InChI is InChI=1S/2C8H10.C2H4O2.C2H6.CH4/c2*1-2-8-6-4-3-5-7-8;1-2(3)4;1-2;/h2*3-7H,2H2,1H3;1H3,(H,3,4);1-2H3;1H4. The van der Waals surface area contributed by atoms with Crippen LogP contribution >= 0.6 is 0 Å². The van der Waals surface area contributed by atoms with Crippen LogP contribution in [0.3, 0.4) is 0 Å². The molecule has 0 unspecified atom stereocenters. The maximum Gasteiger partial charge on any atom is 0.300 e. The van der Waals surface area contributed by atoms with E-state index in [1.807, 2.05) is 26.0 Å². The van der Waals surface area contributed by atoms with Crippen LogP contribution in [0.1, 0.15) is 53.2 Å². The highest BCUT2D eigenvalue weighted by Crippen LogP contribution is 1.97. The highest BCUT2D eigenvalue weighted by Gasteiger charge is 1.80. The molecule has 0 fully saturated rings. The summed E-state index contributed by atoms with van der Waals surface area (Å²) >= 11 is 0. The molecular weight excluding hydrogens is 284 g/mol. The molecule has 0 heterocycles. The van der Waals surface area contributed by atoms with E-state index in [-0.39, 0.29) is 7.43 Å². The molecule has 0 spiro atoms.